The summed E-state index contributed by atoms with van der Waals surface area (Å²) < 4.78 is 0. The lowest BCUT2D eigenvalue weighted by Crippen LogP contribution is -2.39. The molecule has 2 heterocycles. The first kappa shape index (κ1) is 15.3. The number of amides is 1. The maximum atomic E-state index is 11.0. The largest absolute Gasteiger partial charge is 0.465 e. The highest BCUT2D eigenvalue weighted by molar-refractivity contribution is 6.28. The number of nitrogens with zero attached hydrogens (tertiary/aromatic N) is 3. The fraction of sp³-hybridized carbons (Fsp3) is 0.667. The van der Waals surface area contributed by atoms with Crippen molar-refractivity contribution in [1.82, 2.24) is 14.9 Å². The lowest BCUT2D eigenvalue weighted by Gasteiger charge is -2.32. The number of rotatable bonds is 5. The van der Waals surface area contributed by atoms with Gasteiger partial charge in [0.2, 0.25) is 5.28 Å². The van der Waals surface area contributed by atoms with E-state index in [-0.39, 0.29) is 5.28 Å². The van der Waals surface area contributed by atoms with Crippen molar-refractivity contribution in [1.29, 1.82) is 0 Å². The Morgan fingerprint density at radius 2 is 2.14 bits per heavy atom. The van der Waals surface area contributed by atoms with Gasteiger partial charge in [-0.2, -0.15) is 0 Å². The number of anilines is 1. The quantitative estimate of drug-likeness (QED) is 0.814. The molecule has 0 unspecified atom stereocenters. The minimum absolute atomic E-state index is 0.259. The van der Waals surface area contributed by atoms with Crippen molar-refractivity contribution in [2.24, 2.45) is 11.8 Å². The van der Waals surface area contributed by atoms with Crippen LogP contribution in [0.5, 0.6) is 0 Å². The molecule has 2 fully saturated rings. The molecule has 1 aliphatic carbocycles. The summed E-state index contributed by atoms with van der Waals surface area (Å²) in [6.45, 7) is 1.30. The van der Waals surface area contributed by atoms with E-state index < -0.39 is 6.09 Å². The molecule has 3 rings (SSSR count). The van der Waals surface area contributed by atoms with Gasteiger partial charge in [0.1, 0.15) is 5.82 Å². The van der Waals surface area contributed by atoms with Crippen LogP contribution in [-0.4, -0.2) is 45.2 Å². The molecule has 1 amide bonds. The zero-order valence-electron chi connectivity index (χ0n) is 12.4. The van der Waals surface area contributed by atoms with E-state index in [4.69, 9.17) is 16.7 Å². The molecule has 1 aromatic heterocycles. The number of hydrogen-bond acceptors (Lipinski definition) is 4. The van der Waals surface area contributed by atoms with Gasteiger partial charge in [-0.3, -0.25) is 0 Å². The van der Waals surface area contributed by atoms with Gasteiger partial charge in [-0.05, 0) is 61.6 Å². The SMILES string of the molecule is O=C(O)N1CCC(C[C@H](Nc2ccnc(Cl)n2)C2CC2)CC1. The molecule has 0 bridgehead atoms. The molecular weight excluding hydrogens is 304 g/mol. The van der Waals surface area contributed by atoms with Crippen molar-refractivity contribution in [2.75, 3.05) is 18.4 Å². The molecule has 7 heteroatoms. The average molecular weight is 325 g/mol. The van der Waals surface area contributed by atoms with Crippen LogP contribution in [0.15, 0.2) is 12.3 Å². The molecule has 0 aromatic carbocycles. The smallest absolute Gasteiger partial charge is 0.407 e. The Kier molecular flexibility index (Phi) is 4.66. The third kappa shape index (κ3) is 4.00. The number of piperidine rings is 1. The number of carbonyl (C=O) groups is 1. The zero-order valence-corrected chi connectivity index (χ0v) is 13.2. The maximum absolute atomic E-state index is 11.0. The Balaban J connectivity index is 1.55. The van der Waals surface area contributed by atoms with E-state index in [1.165, 1.54) is 17.7 Å². The molecule has 1 aliphatic heterocycles. The zero-order chi connectivity index (χ0) is 15.5. The fourth-order valence-electron chi connectivity index (χ4n) is 3.19. The number of hydrogen-bond donors (Lipinski definition) is 2. The van der Waals surface area contributed by atoms with E-state index in [1.807, 2.05) is 6.07 Å². The van der Waals surface area contributed by atoms with Gasteiger partial charge in [-0.1, -0.05) is 0 Å². The molecular formula is C15H21ClN4O2. The van der Waals surface area contributed by atoms with Crippen molar-refractivity contribution in [3.63, 3.8) is 0 Å². The average Bonchev–Trinajstić information content (AvgIpc) is 3.32. The maximum Gasteiger partial charge on any atom is 0.407 e. The predicted molar refractivity (Wildman–Crippen MR) is 84.1 cm³/mol. The molecule has 22 heavy (non-hydrogen) atoms. The summed E-state index contributed by atoms with van der Waals surface area (Å²) in [6, 6.07) is 2.24. The molecule has 1 saturated heterocycles. The predicted octanol–water partition coefficient (Wildman–Crippen LogP) is 3.10. The number of carboxylic acid groups (broad SMARTS) is 1. The van der Waals surface area contributed by atoms with Gasteiger partial charge in [0, 0.05) is 25.3 Å². The lowest BCUT2D eigenvalue weighted by atomic mass is 9.88. The van der Waals surface area contributed by atoms with Gasteiger partial charge < -0.3 is 15.3 Å². The van der Waals surface area contributed by atoms with Gasteiger partial charge >= 0.3 is 6.09 Å². The van der Waals surface area contributed by atoms with E-state index in [0.717, 1.165) is 25.1 Å². The van der Waals surface area contributed by atoms with E-state index in [2.05, 4.69) is 15.3 Å². The number of nitrogens with one attached hydrogen (secondary N) is 1. The molecule has 120 valence electrons. The number of aromatic nitrogens is 2. The summed E-state index contributed by atoms with van der Waals surface area (Å²) in [5, 5.41) is 12.8. The van der Waals surface area contributed by atoms with E-state index in [0.29, 0.717) is 31.0 Å². The van der Waals surface area contributed by atoms with Gasteiger partial charge in [0.25, 0.3) is 0 Å². The minimum Gasteiger partial charge on any atom is -0.465 e. The summed E-state index contributed by atoms with van der Waals surface area (Å²) in [5.41, 5.74) is 0. The summed E-state index contributed by atoms with van der Waals surface area (Å²) in [4.78, 5) is 20.6. The van der Waals surface area contributed by atoms with Crippen LogP contribution >= 0.6 is 11.6 Å². The fourth-order valence-corrected chi connectivity index (χ4v) is 3.34. The third-order valence-electron chi connectivity index (χ3n) is 4.62. The highest BCUT2D eigenvalue weighted by Gasteiger charge is 2.34. The first-order valence-electron chi connectivity index (χ1n) is 7.85. The van der Waals surface area contributed by atoms with Crippen LogP contribution in [0, 0.1) is 11.8 Å². The molecule has 2 N–H and O–H groups in total. The summed E-state index contributed by atoms with van der Waals surface area (Å²) >= 11 is 5.84. The van der Waals surface area contributed by atoms with Gasteiger partial charge in [0.15, 0.2) is 0 Å². The van der Waals surface area contributed by atoms with Crippen LogP contribution in [0.4, 0.5) is 10.6 Å². The Morgan fingerprint density at radius 1 is 1.41 bits per heavy atom. The molecule has 2 aliphatic rings. The van der Waals surface area contributed by atoms with Crippen molar-refractivity contribution >= 4 is 23.5 Å². The molecule has 0 spiro atoms. The molecule has 0 radical (unpaired) electrons. The first-order valence-corrected chi connectivity index (χ1v) is 8.22. The molecule has 1 atom stereocenters. The second-order valence-corrected chi connectivity index (χ2v) is 6.59. The van der Waals surface area contributed by atoms with Crippen LogP contribution in [0.1, 0.15) is 32.1 Å². The standard InChI is InChI=1S/C15H21ClN4O2/c16-14-17-6-3-13(19-14)18-12(11-1-2-11)9-10-4-7-20(8-5-10)15(21)22/h3,6,10-12H,1-2,4-5,7-9H2,(H,21,22)(H,17,18,19)/t12-/m0/s1. The molecule has 6 nitrogen and oxygen atoms in total. The normalized spacial score (nSPS) is 20.7. The minimum atomic E-state index is -0.800. The third-order valence-corrected chi connectivity index (χ3v) is 4.80. The van der Waals surface area contributed by atoms with Crippen LogP contribution < -0.4 is 5.32 Å². The van der Waals surface area contributed by atoms with Gasteiger partial charge in [0.05, 0.1) is 0 Å². The topological polar surface area (TPSA) is 78.4 Å². The van der Waals surface area contributed by atoms with E-state index in [1.54, 1.807) is 6.20 Å². The Labute approximate surface area is 134 Å². The Morgan fingerprint density at radius 3 is 2.73 bits per heavy atom. The second kappa shape index (κ2) is 6.69. The Hall–Kier alpha value is -1.56. The van der Waals surface area contributed by atoms with Crippen molar-refractivity contribution < 1.29 is 9.90 Å². The second-order valence-electron chi connectivity index (χ2n) is 6.25. The van der Waals surface area contributed by atoms with Crippen LogP contribution in [0.25, 0.3) is 0 Å². The Bertz CT molecular complexity index is 530. The number of likely N-dealkylation sites (tertiary alicyclic amines) is 1. The van der Waals surface area contributed by atoms with E-state index >= 15 is 0 Å². The molecule has 1 aromatic rings. The van der Waals surface area contributed by atoms with Crippen molar-refractivity contribution in [2.45, 2.75) is 38.1 Å². The number of halogens is 1. The summed E-state index contributed by atoms with van der Waals surface area (Å²) in [7, 11) is 0. The van der Waals surface area contributed by atoms with Crippen LogP contribution in [-0.2, 0) is 0 Å². The van der Waals surface area contributed by atoms with Crippen LogP contribution in [0.2, 0.25) is 5.28 Å². The van der Waals surface area contributed by atoms with Crippen LogP contribution in [0.3, 0.4) is 0 Å². The first-order chi connectivity index (χ1) is 10.6. The van der Waals surface area contributed by atoms with E-state index in [9.17, 15) is 4.79 Å². The monoisotopic (exact) mass is 324 g/mol. The highest BCUT2D eigenvalue weighted by Crippen LogP contribution is 2.38. The van der Waals surface area contributed by atoms with Crippen molar-refractivity contribution in [3.05, 3.63) is 17.5 Å². The summed E-state index contributed by atoms with van der Waals surface area (Å²) in [6.07, 6.45) is 6.33. The highest BCUT2D eigenvalue weighted by atomic mass is 35.5. The molecule has 1 saturated carbocycles. The lowest BCUT2D eigenvalue weighted by molar-refractivity contribution is 0.122. The van der Waals surface area contributed by atoms with Gasteiger partial charge in [-0.15, -0.1) is 0 Å². The van der Waals surface area contributed by atoms with Crippen molar-refractivity contribution in [3.8, 4) is 0 Å². The van der Waals surface area contributed by atoms with Gasteiger partial charge in [-0.25, -0.2) is 14.8 Å². The summed E-state index contributed by atoms with van der Waals surface area (Å²) in [5.74, 6) is 2.05.